The van der Waals surface area contributed by atoms with Gasteiger partial charge in [-0.25, -0.2) is 18.3 Å². The van der Waals surface area contributed by atoms with Crippen molar-refractivity contribution in [3.05, 3.63) is 72.8 Å². The van der Waals surface area contributed by atoms with Gasteiger partial charge in [-0.3, -0.25) is 0 Å². The van der Waals surface area contributed by atoms with Gasteiger partial charge >= 0.3 is 0 Å². The van der Waals surface area contributed by atoms with Crippen LogP contribution in [0.15, 0.2) is 61.7 Å². The molecule has 1 aromatic carbocycles. The quantitative estimate of drug-likeness (QED) is 0.554. The van der Waals surface area contributed by atoms with E-state index >= 15 is 0 Å². The average Bonchev–Trinajstić information content (AvgIpc) is 3.11. The number of rotatable bonds is 0. The van der Waals surface area contributed by atoms with E-state index in [1.165, 1.54) is 11.1 Å². The Kier molecular flexibility index (Phi) is 3.07. The van der Waals surface area contributed by atoms with Gasteiger partial charge in [0.1, 0.15) is 37.9 Å². The molecule has 3 heterocycles. The molecule has 0 aliphatic carbocycles. The third-order valence-electron chi connectivity index (χ3n) is 4.15. The Bertz CT molecular complexity index is 690. The lowest BCUT2D eigenvalue weighted by Gasteiger charge is -2.05. The van der Waals surface area contributed by atoms with Crippen LogP contribution < -0.4 is 9.13 Å². The summed E-state index contributed by atoms with van der Waals surface area (Å²) in [6.07, 6.45) is 14.2. The van der Waals surface area contributed by atoms with Crippen LogP contribution in [0, 0.1) is 0 Å². The summed E-state index contributed by atoms with van der Waals surface area (Å²) in [5.41, 5.74) is 2.78. The van der Waals surface area contributed by atoms with Gasteiger partial charge in [0, 0.05) is 17.5 Å². The number of fused-ring (bicyclic) bond motifs is 5. The molecule has 4 nitrogen and oxygen atoms in total. The summed E-state index contributed by atoms with van der Waals surface area (Å²) in [5, 5.41) is 0. The van der Waals surface area contributed by atoms with E-state index in [2.05, 4.69) is 80.0 Å². The highest BCUT2D eigenvalue weighted by Gasteiger charge is 2.12. The molecule has 0 spiro atoms. The minimum Gasteiger partial charge on any atom is -0.237 e. The summed E-state index contributed by atoms with van der Waals surface area (Å²) in [6.45, 7) is 3.99. The first-order chi connectivity index (χ1) is 10.4. The monoisotopic (exact) mass is 280 g/mol. The van der Waals surface area contributed by atoms with Gasteiger partial charge in [0.15, 0.2) is 0 Å². The Morgan fingerprint density at radius 1 is 0.762 bits per heavy atom. The molecule has 0 N–H and O–H groups in total. The molecule has 0 amide bonds. The van der Waals surface area contributed by atoms with Gasteiger partial charge in [0.2, 0.25) is 12.7 Å². The topological polar surface area (TPSA) is 17.6 Å². The molecule has 106 valence electrons. The molecule has 2 aromatic heterocycles. The molecule has 4 rings (SSSR count). The second kappa shape index (κ2) is 5.20. The molecular formula is C17H20N4+2. The van der Waals surface area contributed by atoms with Crippen molar-refractivity contribution in [2.45, 2.75) is 32.6 Å². The standard InChI is InChI=1S/C17H20N4/c1-2-5-17-13-21-11-9-19(15-21)7-3-6-18-8-10-20(14-18)12-16(17)4-1/h1-2,4-5,8-11,14-15H,3,6-7,12-13H2/q+2. The van der Waals surface area contributed by atoms with Crippen LogP contribution in [-0.4, -0.2) is 9.13 Å². The first kappa shape index (κ1) is 12.4. The summed E-state index contributed by atoms with van der Waals surface area (Å²) in [6, 6.07) is 8.72. The van der Waals surface area contributed by atoms with Crippen molar-refractivity contribution in [2.24, 2.45) is 0 Å². The van der Waals surface area contributed by atoms with E-state index in [1.807, 2.05) is 0 Å². The van der Waals surface area contributed by atoms with Crippen molar-refractivity contribution in [1.29, 1.82) is 0 Å². The van der Waals surface area contributed by atoms with Gasteiger partial charge in [0.05, 0.1) is 13.1 Å². The van der Waals surface area contributed by atoms with Crippen LogP contribution in [0.2, 0.25) is 0 Å². The van der Waals surface area contributed by atoms with Gasteiger partial charge in [-0.15, -0.1) is 0 Å². The molecular weight excluding hydrogens is 260 g/mol. The first-order valence-electron chi connectivity index (χ1n) is 7.53. The fourth-order valence-electron chi connectivity index (χ4n) is 3.02. The SMILES string of the molecule is c1ccc2c(c1)C[n+]1ccn(c1)CCCn1cc[n+](c1)C2. The van der Waals surface area contributed by atoms with Gasteiger partial charge in [-0.2, -0.15) is 0 Å². The maximum absolute atomic E-state index is 2.28. The fourth-order valence-corrected chi connectivity index (χ4v) is 3.02. The van der Waals surface area contributed by atoms with Crippen molar-refractivity contribution < 1.29 is 9.13 Å². The van der Waals surface area contributed by atoms with E-state index < -0.39 is 0 Å². The van der Waals surface area contributed by atoms with E-state index in [1.54, 1.807) is 0 Å². The molecule has 4 bridgehead atoms. The average molecular weight is 280 g/mol. The van der Waals surface area contributed by atoms with Crippen LogP contribution in [0.1, 0.15) is 17.5 Å². The van der Waals surface area contributed by atoms with E-state index in [9.17, 15) is 0 Å². The Balaban J connectivity index is 1.75. The molecule has 0 saturated heterocycles. The zero-order valence-corrected chi connectivity index (χ0v) is 12.1. The lowest BCUT2D eigenvalue weighted by Crippen LogP contribution is -2.35. The molecule has 0 saturated carbocycles. The molecule has 0 fully saturated rings. The highest BCUT2D eigenvalue weighted by molar-refractivity contribution is 5.25. The number of hydrogen-bond acceptors (Lipinski definition) is 0. The molecule has 21 heavy (non-hydrogen) atoms. The van der Waals surface area contributed by atoms with Crippen LogP contribution in [0.4, 0.5) is 0 Å². The second-order valence-electron chi connectivity index (χ2n) is 5.77. The third kappa shape index (κ3) is 2.61. The molecule has 0 radical (unpaired) electrons. The maximum atomic E-state index is 2.28. The predicted molar refractivity (Wildman–Crippen MR) is 78.5 cm³/mol. The van der Waals surface area contributed by atoms with Crippen LogP contribution in [0.25, 0.3) is 0 Å². The number of benzene rings is 1. The first-order valence-corrected chi connectivity index (χ1v) is 7.53. The molecule has 0 atom stereocenters. The summed E-state index contributed by atoms with van der Waals surface area (Å²) < 4.78 is 9.09. The lowest BCUT2D eigenvalue weighted by atomic mass is 10.1. The summed E-state index contributed by atoms with van der Waals surface area (Å²) in [7, 11) is 0. The Labute approximate surface area is 124 Å². The van der Waals surface area contributed by atoms with Gasteiger partial charge in [-0.1, -0.05) is 24.3 Å². The second-order valence-corrected chi connectivity index (χ2v) is 5.77. The molecule has 4 heteroatoms. The summed E-state index contributed by atoms with van der Waals surface area (Å²) >= 11 is 0. The summed E-state index contributed by atoms with van der Waals surface area (Å²) in [4.78, 5) is 0. The number of imidazole rings is 2. The molecule has 1 aliphatic rings. The third-order valence-corrected chi connectivity index (χ3v) is 4.15. The smallest absolute Gasteiger partial charge is 0.237 e. The van der Waals surface area contributed by atoms with Gasteiger partial charge in [0.25, 0.3) is 0 Å². The van der Waals surface area contributed by atoms with Crippen molar-refractivity contribution >= 4 is 0 Å². The zero-order chi connectivity index (χ0) is 14.1. The largest absolute Gasteiger partial charge is 0.244 e. The Morgan fingerprint density at radius 3 is 1.81 bits per heavy atom. The number of aromatic nitrogens is 4. The van der Waals surface area contributed by atoms with E-state index in [0.717, 1.165) is 32.6 Å². The van der Waals surface area contributed by atoms with Crippen molar-refractivity contribution in [3.8, 4) is 0 Å². The minimum absolute atomic E-state index is 0.935. The normalized spacial score (nSPS) is 14.7. The summed E-state index contributed by atoms with van der Waals surface area (Å²) in [5.74, 6) is 0. The van der Waals surface area contributed by atoms with Crippen LogP contribution in [0.5, 0.6) is 0 Å². The van der Waals surface area contributed by atoms with Crippen molar-refractivity contribution in [1.82, 2.24) is 9.13 Å². The Hall–Kier alpha value is -2.36. The van der Waals surface area contributed by atoms with Gasteiger partial charge in [-0.05, 0) is 0 Å². The highest BCUT2D eigenvalue weighted by Crippen LogP contribution is 2.09. The van der Waals surface area contributed by atoms with Crippen molar-refractivity contribution in [3.63, 3.8) is 0 Å². The van der Waals surface area contributed by atoms with Crippen LogP contribution >= 0.6 is 0 Å². The molecule has 1 aliphatic heterocycles. The lowest BCUT2D eigenvalue weighted by molar-refractivity contribution is -0.692. The van der Waals surface area contributed by atoms with Crippen LogP contribution in [0.3, 0.4) is 0 Å². The van der Waals surface area contributed by atoms with E-state index in [-0.39, 0.29) is 0 Å². The van der Waals surface area contributed by atoms with Gasteiger partial charge < -0.3 is 0 Å². The van der Waals surface area contributed by atoms with Crippen LogP contribution in [-0.2, 0) is 26.2 Å². The minimum atomic E-state index is 0.935. The molecule has 3 aromatic rings. The molecule has 0 unspecified atom stereocenters. The number of hydrogen-bond donors (Lipinski definition) is 0. The van der Waals surface area contributed by atoms with Crippen molar-refractivity contribution in [2.75, 3.05) is 0 Å². The predicted octanol–water partition coefficient (Wildman–Crippen LogP) is 1.36. The fraction of sp³-hybridized carbons (Fsp3) is 0.294. The Morgan fingerprint density at radius 2 is 1.29 bits per heavy atom. The number of aryl methyl sites for hydroxylation is 2. The van der Waals surface area contributed by atoms with E-state index in [4.69, 9.17) is 0 Å². The maximum Gasteiger partial charge on any atom is 0.244 e. The van der Waals surface area contributed by atoms with E-state index in [0.29, 0.717) is 0 Å². The number of nitrogens with zero attached hydrogens (tertiary/aromatic N) is 4. The zero-order valence-electron chi connectivity index (χ0n) is 12.1. The highest BCUT2D eigenvalue weighted by atomic mass is 15.1.